The average molecular weight is 390 g/mol. The fourth-order valence-electron chi connectivity index (χ4n) is 3.05. The van der Waals surface area contributed by atoms with E-state index in [4.69, 9.17) is 12.2 Å². The molecule has 1 N–H and O–H groups in total. The molecule has 2 amide bonds. The van der Waals surface area contributed by atoms with Crippen molar-refractivity contribution in [2.45, 2.75) is 25.3 Å². The summed E-state index contributed by atoms with van der Waals surface area (Å²) in [5, 5.41) is 9.32. The predicted molar refractivity (Wildman–Crippen MR) is 103 cm³/mol. The number of likely N-dealkylation sites (tertiary alicyclic amines) is 1. The summed E-state index contributed by atoms with van der Waals surface area (Å²) in [4.78, 5) is 39.7. The summed E-state index contributed by atoms with van der Waals surface area (Å²) in [6.07, 6.45) is 3.72. The molecule has 0 saturated carbocycles. The zero-order valence-corrected chi connectivity index (χ0v) is 15.6. The highest BCUT2D eigenvalue weighted by molar-refractivity contribution is 8.26. The molecule has 0 aromatic heterocycles. The van der Waals surface area contributed by atoms with Crippen molar-refractivity contribution in [2.24, 2.45) is 0 Å². The number of carbonyl (C=O) groups is 3. The highest BCUT2D eigenvalue weighted by Crippen LogP contribution is 2.32. The molecule has 0 bridgehead atoms. The summed E-state index contributed by atoms with van der Waals surface area (Å²) in [7, 11) is 0. The number of benzene rings is 1. The Morgan fingerprint density at radius 2 is 2.00 bits per heavy atom. The van der Waals surface area contributed by atoms with Crippen LogP contribution in [-0.2, 0) is 14.4 Å². The summed E-state index contributed by atoms with van der Waals surface area (Å²) in [5.74, 6) is -1.71. The fourth-order valence-corrected chi connectivity index (χ4v) is 4.30. The van der Waals surface area contributed by atoms with E-state index in [1.807, 2.05) is 30.3 Å². The molecule has 2 heterocycles. The van der Waals surface area contributed by atoms with Crippen LogP contribution < -0.4 is 0 Å². The number of piperidine rings is 1. The van der Waals surface area contributed by atoms with Crippen molar-refractivity contribution >= 4 is 52.2 Å². The first kappa shape index (κ1) is 18.6. The SMILES string of the molecule is O=C(O)C1CCCCN1C(=O)CN1C(=O)/C(=C/c2ccccc2)SC1=S. The van der Waals surface area contributed by atoms with Gasteiger partial charge < -0.3 is 10.0 Å². The predicted octanol–water partition coefficient (Wildman–Crippen LogP) is 2.35. The molecule has 2 aliphatic heterocycles. The van der Waals surface area contributed by atoms with Crippen molar-refractivity contribution in [1.29, 1.82) is 0 Å². The molecule has 1 aromatic rings. The molecule has 1 unspecified atom stereocenters. The summed E-state index contributed by atoms with van der Waals surface area (Å²) >= 11 is 6.41. The van der Waals surface area contributed by atoms with Crippen LogP contribution in [0.15, 0.2) is 35.2 Å². The lowest BCUT2D eigenvalue weighted by Gasteiger charge is -2.33. The minimum Gasteiger partial charge on any atom is -0.480 e. The van der Waals surface area contributed by atoms with Crippen molar-refractivity contribution in [3.8, 4) is 0 Å². The number of rotatable bonds is 4. The summed E-state index contributed by atoms with van der Waals surface area (Å²) in [6.45, 7) is 0.172. The number of amides is 2. The van der Waals surface area contributed by atoms with Crippen molar-refractivity contribution in [1.82, 2.24) is 9.80 Å². The lowest BCUT2D eigenvalue weighted by atomic mass is 10.0. The maximum absolute atomic E-state index is 12.6. The van der Waals surface area contributed by atoms with Crippen LogP contribution in [0.4, 0.5) is 0 Å². The Bertz CT molecular complexity index is 779. The van der Waals surface area contributed by atoms with Crippen LogP contribution in [0.25, 0.3) is 6.08 Å². The van der Waals surface area contributed by atoms with Crippen LogP contribution in [-0.4, -0.2) is 56.1 Å². The number of thioether (sulfide) groups is 1. The first-order chi connectivity index (χ1) is 12.5. The Balaban J connectivity index is 1.72. The number of hydrogen-bond donors (Lipinski definition) is 1. The molecule has 0 aliphatic carbocycles. The van der Waals surface area contributed by atoms with Crippen LogP contribution in [0.1, 0.15) is 24.8 Å². The molecule has 2 saturated heterocycles. The Labute approximate surface area is 160 Å². The monoisotopic (exact) mass is 390 g/mol. The van der Waals surface area contributed by atoms with Gasteiger partial charge in [-0.15, -0.1) is 0 Å². The molecule has 6 nitrogen and oxygen atoms in total. The van der Waals surface area contributed by atoms with E-state index >= 15 is 0 Å². The first-order valence-corrected chi connectivity index (χ1v) is 9.52. The third kappa shape index (κ3) is 3.96. The second kappa shape index (κ2) is 8.01. The second-order valence-corrected chi connectivity index (χ2v) is 7.79. The zero-order valence-electron chi connectivity index (χ0n) is 14.0. The van der Waals surface area contributed by atoms with Crippen molar-refractivity contribution in [3.05, 3.63) is 40.8 Å². The van der Waals surface area contributed by atoms with E-state index in [0.29, 0.717) is 22.2 Å². The highest BCUT2D eigenvalue weighted by Gasteiger charge is 2.37. The quantitative estimate of drug-likeness (QED) is 0.628. The number of carboxylic acid groups (broad SMARTS) is 1. The smallest absolute Gasteiger partial charge is 0.326 e. The molecular formula is C18H18N2O4S2. The molecule has 8 heteroatoms. The van der Waals surface area contributed by atoms with Crippen LogP contribution in [0.3, 0.4) is 0 Å². The number of thiocarbonyl (C=S) groups is 1. The van der Waals surface area contributed by atoms with Crippen molar-refractivity contribution in [3.63, 3.8) is 0 Å². The van der Waals surface area contributed by atoms with Gasteiger partial charge in [0.1, 0.15) is 16.9 Å². The zero-order chi connectivity index (χ0) is 18.7. The second-order valence-electron chi connectivity index (χ2n) is 6.12. The molecule has 2 aliphatic rings. The molecule has 0 spiro atoms. The topological polar surface area (TPSA) is 77.9 Å². The van der Waals surface area contributed by atoms with E-state index in [1.54, 1.807) is 6.08 Å². The van der Waals surface area contributed by atoms with Gasteiger partial charge in [0.2, 0.25) is 5.91 Å². The minimum absolute atomic E-state index is 0.222. The van der Waals surface area contributed by atoms with Gasteiger partial charge in [0.25, 0.3) is 5.91 Å². The lowest BCUT2D eigenvalue weighted by Crippen LogP contribution is -2.51. The van der Waals surface area contributed by atoms with E-state index in [9.17, 15) is 19.5 Å². The Morgan fingerprint density at radius 3 is 2.69 bits per heavy atom. The molecule has 2 fully saturated rings. The maximum Gasteiger partial charge on any atom is 0.326 e. The number of carboxylic acids is 1. The molecule has 136 valence electrons. The van der Waals surface area contributed by atoms with E-state index in [0.717, 1.165) is 30.2 Å². The molecule has 26 heavy (non-hydrogen) atoms. The number of hydrogen-bond acceptors (Lipinski definition) is 5. The van der Waals surface area contributed by atoms with Gasteiger partial charge in [-0.25, -0.2) is 4.79 Å². The van der Waals surface area contributed by atoms with Crippen LogP contribution in [0.5, 0.6) is 0 Å². The number of carbonyl (C=O) groups excluding carboxylic acids is 2. The van der Waals surface area contributed by atoms with Gasteiger partial charge in [-0.3, -0.25) is 14.5 Å². The Kier molecular flexibility index (Phi) is 5.73. The summed E-state index contributed by atoms with van der Waals surface area (Å²) in [6, 6.07) is 8.57. The van der Waals surface area contributed by atoms with Crippen molar-refractivity contribution < 1.29 is 19.5 Å². The number of aliphatic carboxylic acids is 1. The van der Waals surface area contributed by atoms with Crippen LogP contribution in [0, 0.1) is 0 Å². The third-order valence-corrected chi connectivity index (χ3v) is 5.75. The lowest BCUT2D eigenvalue weighted by molar-refractivity contribution is -0.152. The minimum atomic E-state index is -1.01. The van der Waals surface area contributed by atoms with Crippen molar-refractivity contribution in [2.75, 3.05) is 13.1 Å². The van der Waals surface area contributed by atoms with Gasteiger partial charge in [0.05, 0.1) is 4.91 Å². The Morgan fingerprint density at radius 1 is 1.27 bits per heavy atom. The van der Waals surface area contributed by atoms with Gasteiger partial charge in [-0.2, -0.15) is 0 Å². The molecule has 0 radical (unpaired) electrons. The molecule has 1 atom stereocenters. The van der Waals surface area contributed by atoms with E-state index in [2.05, 4.69) is 0 Å². The van der Waals surface area contributed by atoms with Gasteiger partial charge >= 0.3 is 5.97 Å². The maximum atomic E-state index is 12.6. The Hall–Kier alpha value is -2.19. The van der Waals surface area contributed by atoms with Gasteiger partial charge in [-0.1, -0.05) is 54.3 Å². The largest absolute Gasteiger partial charge is 0.480 e. The van der Waals surface area contributed by atoms with E-state index in [-0.39, 0.29) is 18.4 Å². The standard InChI is InChI=1S/C18H18N2O4S2/c21-15(19-9-5-4-8-13(19)17(23)24)11-20-16(22)14(26-18(20)25)10-12-6-2-1-3-7-12/h1-3,6-7,10,13H,4-5,8-9,11H2,(H,23,24)/b14-10-. The molecule has 1 aromatic carbocycles. The summed E-state index contributed by atoms with van der Waals surface area (Å²) in [5.41, 5.74) is 0.876. The number of nitrogens with zero attached hydrogens (tertiary/aromatic N) is 2. The summed E-state index contributed by atoms with van der Waals surface area (Å²) < 4.78 is 0.314. The normalized spacial score (nSPS) is 22.2. The first-order valence-electron chi connectivity index (χ1n) is 8.30. The highest BCUT2D eigenvalue weighted by atomic mass is 32.2. The fraction of sp³-hybridized carbons (Fsp3) is 0.333. The van der Waals surface area contributed by atoms with Crippen LogP contribution in [0.2, 0.25) is 0 Å². The third-order valence-electron chi connectivity index (χ3n) is 4.37. The van der Waals surface area contributed by atoms with E-state index in [1.165, 1.54) is 9.80 Å². The van der Waals surface area contributed by atoms with Crippen LogP contribution >= 0.6 is 24.0 Å². The molecule has 3 rings (SSSR count). The van der Waals surface area contributed by atoms with Gasteiger partial charge in [-0.05, 0) is 30.9 Å². The average Bonchev–Trinajstić information content (AvgIpc) is 2.90. The van der Waals surface area contributed by atoms with Gasteiger partial charge in [0, 0.05) is 6.54 Å². The van der Waals surface area contributed by atoms with E-state index < -0.39 is 12.0 Å². The van der Waals surface area contributed by atoms with Gasteiger partial charge in [0.15, 0.2) is 0 Å². The molecular weight excluding hydrogens is 372 g/mol.